The van der Waals surface area contributed by atoms with Crippen LogP contribution in [0.15, 0.2) is 18.2 Å². The molecule has 0 bridgehead atoms. The Morgan fingerprint density at radius 1 is 1.21 bits per heavy atom. The van der Waals surface area contributed by atoms with E-state index < -0.39 is 30.0 Å². The largest absolute Gasteiger partial charge is 0.467 e. The maximum atomic E-state index is 13.4. The standard InChI is InChI=1S/C21H27N3O5/c1-11(2)17(22-12(3)25)19(26)23-15-9-8-13-6-5-7-14-10-16(21(28)29-4)24(18(13)14)20(15)27/h5-7,11,15-17H,8-10H2,1-4H3,(H,22,25)(H,23,26)/t15-,16-,17-/m0/s1. The molecule has 0 aromatic heterocycles. The van der Waals surface area contributed by atoms with E-state index in [4.69, 9.17) is 4.74 Å². The van der Waals surface area contributed by atoms with Crippen LogP contribution in [0.25, 0.3) is 0 Å². The molecule has 2 aliphatic rings. The summed E-state index contributed by atoms with van der Waals surface area (Å²) in [6, 6.07) is 3.50. The Morgan fingerprint density at radius 2 is 1.90 bits per heavy atom. The molecule has 2 aliphatic heterocycles. The first-order chi connectivity index (χ1) is 13.7. The van der Waals surface area contributed by atoms with Gasteiger partial charge in [0.2, 0.25) is 17.7 Å². The second-order valence-electron chi connectivity index (χ2n) is 7.90. The van der Waals surface area contributed by atoms with E-state index in [1.54, 1.807) is 0 Å². The molecule has 156 valence electrons. The van der Waals surface area contributed by atoms with Crippen molar-refractivity contribution in [3.8, 4) is 0 Å². The maximum Gasteiger partial charge on any atom is 0.329 e. The summed E-state index contributed by atoms with van der Waals surface area (Å²) in [4.78, 5) is 51.5. The lowest BCUT2D eigenvalue weighted by Gasteiger charge is -2.28. The molecule has 1 aromatic rings. The van der Waals surface area contributed by atoms with Crippen LogP contribution in [0.1, 0.15) is 38.3 Å². The van der Waals surface area contributed by atoms with Crippen LogP contribution in [0.2, 0.25) is 0 Å². The van der Waals surface area contributed by atoms with Crippen LogP contribution in [0.5, 0.6) is 0 Å². The number of hydrogen-bond donors (Lipinski definition) is 2. The van der Waals surface area contributed by atoms with E-state index in [1.165, 1.54) is 18.9 Å². The van der Waals surface area contributed by atoms with Crippen molar-refractivity contribution in [2.24, 2.45) is 5.92 Å². The van der Waals surface area contributed by atoms with Crippen LogP contribution in [0, 0.1) is 5.92 Å². The van der Waals surface area contributed by atoms with Crippen molar-refractivity contribution < 1.29 is 23.9 Å². The summed E-state index contributed by atoms with van der Waals surface area (Å²) in [6.45, 7) is 5.00. The van der Waals surface area contributed by atoms with Gasteiger partial charge in [0.15, 0.2) is 0 Å². The fourth-order valence-corrected chi connectivity index (χ4v) is 4.10. The molecule has 8 heteroatoms. The van der Waals surface area contributed by atoms with E-state index in [9.17, 15) is 19.2 Å². The molecule has 0 saturated carbocycles. The summed E-state index contributed by atoms with van der Waals surface area (Å²) in [5.74, 6) is -1.67. The molecule has 0 fully saturated rings. The molecule has 8 nitrogen and oxygen atoms in total. The van der Waals surface area contributed by atoms with Crippen molar-refractivity contribution in [3.05, 3.63) is 29.3 Å². The third kappa shape index (κ3) is 3.97. The topological polar surface area (TPSA) is 105 Å². The molecule has 3 atom stereocenters. The summed E-state index contributed by atoms with van der Waals surface area (Å²) in [5, 5.41) is 5.44. The number of anilines is 1. The predicted octanol–water partition coefficient (Wildman–Crippen LogP) is 0.709. The number of carbonyl (C=O) groups excluding carboxylic acids is 4. The summed E-state index contributed by atoms with van der Waals surface area (Å²) < 4.78 is 4.91. The molecular formula is C21H27N3O5. The van der Waals surface area contributed by atoms with Crippen molar-refractivity contribution in [1.29, 1.82) is 0 Å². The van der Waals surface area contributed by atoms with Crippen LogP contribution in [0.3, 0.4) is 0 Å². The van der Waals surface area contributed by atoms with E-state index >= 15 is 0 Å². The summed E-state index contributed by atoms with van der Waals surface area (Å²) in [7, 11) is 1.30. The van der Waals surface area contributed by atoms with E-state index in [2.05, 4.69) is 10.6 Å². The summed E-state index contributed by atoms with van der Waals surface area (Å²) in [6.07, 6.45) is 1.40. The Labute approximate surface area is 170 Å². The van der Waals surface area contributed by atoms with Crippen molar-refractivity contribution in [1.82, 2.24) is 10.6 Å². The first-order valence-corrected chi connectivity index (χ1v) is 9.83. The van der Waals surface area contributed by atoms with Crippen molar-refractivity contribution >= 4 is 29.4 Å². The monoisotopic (exact) mass is 401 g/mol. The quantitative estimate of drug-likeness (QED) is 0.707. The zero-order valence-electron chi connectivity index (χ0n) is 17.2. The number of benzene rings is 1. The van der Waals surface area contributed by atoms with Crippen molar-refractivity contribution in [2.75, 3.05) is 12.0 Å². The van der Waals surface area contributed by atoms with Gasteiger partial charge >= 0.3 is 5.97 Å². The number of para-hydroxylation sites is 1. The van der Waals surface area contributed by atoms with Gasteiger partial charge < -0.3 is 15.4 Å². The molecule has 1 aromatic carbocycles. The number of carbonyl (C=O) groups is 4. The fraction of sp³-hybridized carbons (Fsp3) is 0.524. The smallest absolute Gasteiger partial charge is 0.329 e. The second kappa shape index (κ2) is 8.23. The molecule has 2 heterocycles. The fourth-order valence-electron chi connectivity index (χ4n) is 4.10. The van der Waals surface area contributed by atoms with Gasteiger partial charge in [0, 0.05) is 13.3 Å². The number of aryl methyl sites for hydroxylation is 1. The van der Waals surface area contributed by atoms with Gasteiger partial charge in [0.1, 0.15) is 18.1 Å². The first-order valence-electron chi connectivity index (χ1n) is 9.83. The third-order valence-corrected chi connectivity index (χ3v) is 5.50. The van der Waals surface area contributed by atoms with Gasteiger partial charge in [-0.25, -0.2) is 4.79 Å². The highest BCUT2D eigenvalue weighted by Crippen LogP contribution is 2.39. The van der Waals surface area contributed by atoms with Crippen LogP contribution >= 0.6 is 0 Å². The molecule has 3 rings (SSSR count). The highest BCUT2D eigenvalue weighted by atomic mass is 16.5. The molecule has 0 unspecified atom stereocenters. The van der Waals surface area contributed by atoms with Gasteiger partial charge in [-0.1, -0.05) is 32.0 Å². The van der Waals surface area contributed by atoms with Crippen molar-refractivity contribution in [2.45, 2.75) is 58.2 Å². The number of esters is 1. The molecule has 0 radical (unpaired) electrons. The minimum atomic E-state index is -0.789. The number of methoxy groups -OCH3 is 1. The number of nitrogens with zero attached hydrogens (tertiary/aromatic N) is 1. The predicted molar refractivity (Wildman–Crippen MR) is 106 cm³/mol. The van der Waals surface area contributed by atoms with E-state index in [1.807, 2.05) is 32.0 Å². The van der Waals surface area contributed by atoms with E-state index in [-0.39, 0.29) is 17.7 Å². The highest BCUT2D eigenvalue weighted by Gasteiger charge is 2.44. The average molecular weight is 401 g/mol. The average Bonchev–Trinajstić information content (AvgIpc) is 3.01. The number of nitrogens with one attached hydrogen (secondary N) is 2. The van der Waals surface area contributed by atoms with Gasteiger partial charge in [-0.15, -0.1) is 0 Å². The van der Waals surface area contributed by atoms with Gasteiger partial charge in [0.05, 0.1) is 12.8 Å². The van der Waals surface area contributed by atoms with E-state index in [0.717, 1.165) is 16.8 Å². The molecule has 2 N–H and O–H groups in total. The highest BCUT2D eigenvalue weighted by molar-refractivity contribution is 6.07. The molecule has 0 spiro atoms. The normalized spacial score (nSPS) is 21.3. The lowest BCUT2D eigenvalue weighted by atomic mass is 10.00. The molecule has 3 amide bonds. The van der Waals surface area contributed by atoms with Gasteiger partial charge in [-0.05, 0) is 29.9 Å². The number of ether oxygens (including phenoxy) is 1. The Hall–Kier alpha value is -2.90. The number of amides is 3. The van der Waals surface area contributed by atoms with E-state index in [0.29, 0.717) is 19.3 Å². The molecule has 0 aliphatic carbocycles. The van der Waals surface area contributed by atoms with Gasteiger partial charge in [-0.3, -0.25) is 19.3 Å². The van der Waals surface area contributed by atoms with Gasteiger partial charge in [0.25, 0.3) is 0 Å². The van der Waals surface area contributed by atoms with Gasteiger partial charge in [-0.2, -0.15) is 0 Å². The maximum absolute atomic E-state index is 13.4. The van der Waals surface area contributed by atoms with Crippen LogP contribution < -0.4 is 15.5 Å². The van der Waals surface area contributed by atoms with Crippen LogP contribution in [-0.2, 0) is 36.8 Å². The first kappa shape index (κ1) is 20.8. The van der Waals surface area contributed by atoms with Crippen LogP contribution in [0.4, 0.5) is 5.69 Å². The Balaban J connectivity index is 1.89. The Kier molecular flexibility index (Phi) is 5.91. The minimum absolute atomic E-state index is 0.141. The lowest BCUT2D eigenvalue weighted by Crippen LogP contribution is -2.57. The summed E-state index contributed by atoms with van der Waals surface area (Å²) >= 11 is 0. The Morgan fingerprint density at radius 3 is 2.52 bits per heavy atom. The third-order valence-electron chi connectivity index (χ3n) is 5.50. The van der Waals surface area contributed by atoms with Crippen molar-refractivity contribution in [3.63, 3.8) is 0 Å². The molecule has 29 heavy (non-hydrogen) atoms. The summed E-state index contributed by atoms with van der Waals surface area (Å²) in [5.41, 5.74) is 2.66. The SMILES string of the molecule is COC(=O)[C@@H]1Cc2cccc3c2N1C(=O)[C@@H](NC(=O)[C@@H](NC(C)=O)C(C)C)CC3. The number of rotatable bonds is 5. The second-order valence-corrected chi connectivity index (χ2v) is 7.90. The molecule has 0 saturated heterocycles. The zero-order valence-corrected chi connectivity index (χ0v) is 17.2. The zero-order chi connectivity index (χ0) is 21.3. The minimum Gasteiger partial charge on any atom is -0.467 e. The molecular weight excluding hydrogens is 374 g/mol. The number of hydrogen-bond acceptors (Lipinski definition) is 5. The Bertz CT molecular complexity index is 851. The van der Waals surface area contributed by atoms with Crippen LogP contribution in [-0.4, -0.2) is 48.9 Å². The lowest BCUT2D eigenvalue weighted by molar-refractivity contribution is -0.143.